The fourth-order valence-electron chi connectivity index (χ4n) is 3.10. The van der Waals surface area contributed by atoms with E-state index in [9.17, 15) is 14.4 Å². The first kappa shape index (κ1) is 19.2. The molecule has 7 heteroatoms. The first-order chi connectivity index (χ1) is 14.4. The van der Waals surface area contributed by atoms with Crippen LogP contribution < -0.4 is 5.32 Å². The molecule has 1 saturated heterocycles. The van der Waals surface area contributed by atoms with E-state index in [1.165, 1.54) is 18.2 Å². The summed E-state index contributed by atoms with van der Waals surface area (Å²) in [7, 11) is 0. The Kier molecular flexibility index (Phi) is 4.93. The molecule has 1 fully saturated rings. The highest BCUT2D eigenvalue weighted by Gasteiger charge is 2.33. The second-order valence-corrected chi connectivity index (χ2v) is 6.95. The first-order valence-corrected chi connectivity index (χ1v) is 9.24. The molecule has 30 heavy (non-hydrogen) atoms. The second kappa shape index (κ2) is 7.71. The molecule has 1 aliphatic heterocycles. The molecule has 150 valence electrons. The van der Waals surface area contributed by atoms with Gasteiger partial charge in [0.05, 0.1) is 12.1 Å². The number of aryl methyl sites for hydroxylation is 1. The third kappa shape index (κ3) is 3.86. The van der Waals surface area contributed by atoms with Crippen LogP contribution in [0.3, 0.4) is 0 Å². The predicted molar refractivity (Wildman–Crippen MR) is 109 cm³/mol. The third-order valence-electron chi connectivity index (χ3n) is 4.75. The van der Waals surface area contributed by atoms with Crippen molar-refractivity contribution in [2.45, 2.75) is 13.5 Å². The lowest BCUT2D eigenvalue weighted by Gasteiger charge is -2.11. The summed E-state index contributed by atoms with van der Waals surface area (Å²) in [4.78, 5) is 37.0. The Morgan fingerprint density at radius 1 is 1.03 bits per heavy atom. The Morgan fingerprint density at radius 3 is 2.40 bits per heavy atom. The molecule has 2 N–H and O–H groups in total. The Balaban J connectivity index is 1.51. The topological polar surface area (TPSA) is 99.8 Å². The van der Waals surface area contributed by atoms with Crippen molar-refractivity contribution in [1.29, 1.82) is 0 Å². The van der Waals surface area contributed by atoms with Crippen molar-refractivity contribution in [3.8, 4) is 11.3 Å². The van der Waals surface area contributed by atoms with E-state index in [2.05, 4.69) is 5.32 Å². The van der Waals surface area contributed by atoms with Gasteiger partial charge in [-0.05, 0) is 36.8 Å². The van der Waals surface area contributed by atoms with Crippen LogP contribution in [0.25, 0.3) is 17.4 Å². The lowest BCUT2D eigenvalue weighted by molar-refractivity contribution is -0.123. The van der Waals surface area contributed by atoms with Crippen molar-refractivity contribution >= 4 is 24.0 Å². The fourth-order valence-corrected chi connectivity index (χ4v) is 3.10. The summed E-state index contributed by atoms with van der Waals surface area (Å²) in [6, 6.07) is 16.8. The van der Waals surface area contributed by atoms with Gasteiger partial charge in [-0.1, -0.05) is 42.0 Å². The second-order valence-electron chi connectivity index (χ2n) is 6.95. The molecule has 7 nitrogen and oxygen atoms in total. The van der Waals surface area contributed by atoms with Gasteiger partial charge >= 0.3 is 12.0 Å². The zero-order valence-corrected chi connectivity index (χ0v) is 16.1. The summed E-state index contributed by atoms with van der Waals surface area (Å²) in [5, 5.41) is 11.6. The number of urea groups is 1. The van der Waals surface area contributed by atoms with Gasteiger partial charge in [-0.3, -0.25) is 9.69 Å². The Bertz CT molecular complexity index is 1160. The summed E-state index contributed by atoms with van der Waals surface area (Å²) < 4.78 is 5.74. The minimum absolute atomic E-state index is 0.134. The van der Waals surface area contributed by atoms with Crippen LogP contribution in [-0.4, -0.2) is 27.9 Å². The molecule has 0 unspecified atom stereocenters. The fraction of sp³-hybridized carbons (Fsp3) is 0.0870. The zero-order chi connectivity index (χ0) is 21.3. The lowest BCUT2D eigenvalue weighted by atomic mass is 10.1. The van der Waals surface area contributed by atoms with Gasteiger partial charge in [0.15, 0.2) is 0 Å². The van der Waals surface area contributed by atoms with Gasteiger partial charge in [0.25, 0.3) is 5.91 Å². The average Bonchev–Trinajstić information content (AvgIpc) is 3.30. The SMILES string of the molecule is Cc1ccc(CN2C(=O)NC(=Cc3ccc(-c4ccc(C(=O)O)cc4)o3)C2=O)cc1. The van der Waals surface area contributed by atoms with E-state index in [1.54, 1.807) is 24.3 Å². The molecule has 2 heterocycles. The number of nitrogens with one attached hydrogen (secondary N) is 1. The van der Waals surface area contributed by atoms with E-state index < -0.39 is 17.9 Å². The molecule has 0 radical (unpaired) electrons. The van der Waals surface area contributed by atoms with E-state index >= 15 is 0 Å². The molecular formula is C23H18N2O5. The van der Waals surface area contributed by atoms with Gasteiger partial charge in [-0.25, -0.2) is 9.59 Å². The number of furan rings is 1. The van der Waals surface area contributed by atoms with E-state index in [4.69, 9.17) is 9.52 Å². The maximum Gasteiger partial charge on any atom is 0.335 e. The lowest BCUT2D eigenvalue weighted by Crippen LogP contribution is -2.30. The van der Waals surface area contributed by atoms with Crippen molar-refractivity contribution in [1.82, 2.24) is 10.2 Å². The van der Waals surface area contributed by atoms with E-state index in [0.717, 1.165) is 16.0 Å². The van der Waals surface area contributed by atoms with Gasteiger partial charge in [0.1, 0.15) is 17.2 Å². The van der Waals surface area contributed by atoms with Crippen LogP contribution in [0.2, 0.25) is 0 Å². The van der Waals surface area contributed by atoms with Gasteiger partial charge < -0.3 is 14.8 Å². The van der Waals surface area contributed by atoms with Crippen molar-refractivity contribution in [3.63, 3.8) is 0 Å². The minimum Gasteiger partial charge on any atom is -0.478 e. The van der Waals surface area contributed by atoms with Crippen molar-refractivity contribution < 1.29 is 23.9 Å². The number of carboxylic acid groups (broad SMARTS) is 1. The standard InChI is InChI=1S/C23H18N2O5/c1-14-2-4-15(5-3-14)13-25-21(26)19(24-23(25)29)12-18-10-11-20(30-18)16-6-8-17(9-7-16)22(27)28/h2-12H,13H2,1H3,(H,24,29)(H,27,28). The van der Waals surface area contributed by atoms with Crippen LogP contribution in [0.5, 0.6) is 0 Å². The maximum absolute atomic E-state index is 12.6. The third-order valence-corrected chi connectivity index (χ3v) is 4.75. The largest absolute Gasteiger partial charge is 0.478 e. The number of carboxylic acids is 1. The molecule has 3 amide bonds. The van der Waals surface area contributed by atoms with Gasteiger partial charge in [0, 0.05) is 11.6 Å². The number of rotatable bonds is 5. The number of carbonyl (C=O) groups is 3. The molecule has 3 aromatic rings. The summed E-state index contributed by atoms with van der Waals surface area (Å²) >= 11 is 0. The minimum atomic E-state index is -1.00. The van der Waals surface area contributed by atoms with Gasteiger partial charge in [-0.15, -0.1) is 0 Å². The molecule has 2 aromatic carbocycles. The molecule has 0 atom stereocenters. The molecular weight excluding hydrogens is 384 g/mol. The normalized spacial score (nSPS) is 15.0. The van der Waals surface area contributed by atoms with Crippen LogP contribution in [-0.2, 0) is 11.3 Å². The molecule has 4 rings (SSSR count). The number of aromatic carboxylic acids is 1. The molecule has 1 aromatic heterocycles. The summed E-state index contributed by atoms with van der Waals surface area (Å²) in [5.74, 6) is -0.512. The number of amides is 3. The number of nitrogens with zero attached hydrogens (tertiary/aromatic N) is 1. The highest BCUT2D eigenvalue weighted by molar-refractivity contribution is 6.13. The molecule has 0 bridgehead atoms. The Hall–Kier alpha value is -4.13. The predicted octanol–water partition coefficient (Wildman–Crippen LogP) is 4.05. The average molecular weight is 402 g/mol. The molecule has 0 spiro atoms. The van der Waals surface area contributed by atoms with Crippen LogP contribution >= 0.6 is 0 Å². The van der Waals surface area contributed by atoms with Crippen LogP contribution in [0.4, 0.5) is 4.79 Å². The van der Waals surface area contributed by atoms with Crippen molar-refractivity contribution in [2.24, 2.45) is 0 Å². The van der Waals surface area contributed by atoms with E-state index in [0.29, 0.717) is 17.1 Å². The van der Waals surface area contributed by atoms with E-state index in [-0.39, 0.29) is 17.8 Å². The number of benzene rings is 2. The first-order valence-electron chi connectivity index (χ1n) is 9.24. The quantitative estimate of drug-likeness (QED) is 0.495. The van der Waals surface area contributed by atoms with Crippen LogP contribution in [0, 0.1) is 6.92 Å². The van der Waals surface area contributed by atoms with Gasteiger partial charge in [0.2, 0.25) is 0 Å². The monoisotopic (exact) mass is 402 g/mol. The number of imide groups is 1. The van der Waals surface area contributed by atoms with Crippen LogP contribution in [0.1, 0.15) is 27.2 Å². The molecule has 0 saturated carbocycles. The number of carbonyl (C=O) groups excluding carboxylic acids is 2. The van der Waals surface area contributed by atoms with Crippen molar-refractivity contribution in [3.05, 3.63) is 88.8 Å². The Labute approximate surface area is 172 Å². The van der Waals surface area contributed by atoms with Crippen molar-refractivity contribution in [2.75, 3.05) is 0 Å². The molecule has 1 aliphatic rings. The summed E-state index contributed by atoms with van der Waals surface area (Å²) in [6.07, 6.45) is 1.48. The smallest absolute Gasteiger partial charge is 0.335 e. The highest BCUT2D eigenvalue weighted by Crippen LogP contribution is 2.25. The molecule has 0 aliphatic carbocycles. The summed E-state index contributed by atoms with van der Waals surface area (Å²) in [6.45, 7) is 2.15. The Morgan fingerprint density at radius 2 is 1.73 bits per heavy atom. The maximum atomic E-state index is 12.6. The number of hydrogen-bond acceptors (Lipinski definition) is 4. The zero-order valence-electron chi connectivity index (χ0n) is 16.1. The van der Waals surface area contributed by atoms with Gasteiger partial charge in [-0.2, -0.15) is 0 Å². The number of hydrogen-bond donors (Lipinski definition) is 2. The summed E-state index contributed by atoms with van der Waals surface area (Å²) in [5.41, 5.74) is 2.97. The highest BCUT2D eigenvalue weighted by atomic mass is 16.4. The van der Waals surface area contributed by atoms with E-state index in [1.807, 2.05) is 31.2 Å². The van der Waals surface area contributed by atoms with Crippen LogP contribution in [0.15, 0.2) is 70.8 Å².